The van der Waals surface area contributed by atoms with Gasteiger partial charge < -0.3 is 18.8 Å². The van der Waals surface area contributed by atoms with Crippen molar-refractivity contribution in [2.45, 2.75) is 77.4 Å². The molecular weight excluding hydrogens is 580 g/mol. The Balaban J connectivity index is 1.00. The van der Waals surface area contributed by atoms with E-state index >= 15 is 0 Å². The Labute approximate surface area is 269 Å². The van der Waals surface area contributed by atoms with Gasteiger partial charge in [-0.15, -0.1) is 0 Å². The Morgan fingerprint density at radius 2 is 1.83 bits per heavy atom. The monoisotopic (exact) mass is 622 g/mol. The fraction of sp³-hybridized carbons (Fsp3) is 0.444. The second kappa shape index (κ2) is 12.5. The van der Waals surface area contributed by atoms with E-state index in [2.05, 4.69) is 38.8 Å². The van der Waals surface area contributed by atoms with Crippen molar-refractivity contribution in [1.82, 2.24) is 29.2 Å². The van der Waals surface area contributed by atoms with Crippen LogP contribution in [0.1, 0.15) is 73.4 Å². The summed E-state index contributed by atoms with van der Waals surface area (Å²) in [5.74, 6) is 1.72. The van der Waals surface area contributed by atoms with Gasteiger partial charge in [0.25, 0.3) is 0 Å². The maximum Gasteiger partial charge on any atom is 0.338 e. The molecule has 0 bridgehead atoms. The van der Waals surface area contributed by atoms with Crippen LogP contribution >= 0.6 is 0 Å². The Bertz CT molecular complexity index is 1860. The smallest absolute Gasteiger partial charge is 0.338 e. The highest BCUT2D eigenvalue weighted by Crippen LogP contribution is 2.30. The average Bonchev–Trinajstić information content (AvgIpc) is 3.56. The quantitative estimate of drug-likeness (QED) is 0.184. The molecule has 3 aromatic heterocycles. The van der Waals surface area contributed by atoms with Gasteiger partial charge in [0, 0.05) is 36.7 Å². The number of pyridine rings is 1. The van der Waals surface area contributed by atoms with Gasteiger partial charge in [0.2, 0.25) is 5.88 Å². The normalized spacial score (nSPS) is 17.8. The number of hydrogen-bond acceptors (Lipinski definition) is 8. The number of piperidine rings is 1. The number of carbonyl (C=O) groups excluding carboxylic acids is 1. The molecule has 7 rings (SSSR count). The molecule has 5 heterocycles. The summed E-state index contributed by atoms with van der Waals surface area (Å²) in [6.07, 6.45) is 5.12. The number of benzene rings is 2. The number of esters is 1. The molecule has 2 aliphatic heterocycles. The molecule has 240 valence electrons. The van der Waals surface area contributed by atoms with Crippen LogP contribution < -0.4 is 4.74 Å². The van der Waals surface area contributed by atoms with Crippen molar-refractivity contribution in [2.75, 3.05) is 19.7 Å². The lowest BCUT2D eigenvalue weighted by atomic mass is 9.93. The van der Waals surface area contributed by atoms with Crippen LogP contribution in [0.15, 0.2) is 60.8 Å². The summed E-state index contributed by atoms with van der Waals surface area (Å²) >= 11 is 0. The van der Waals surface area contributed by atoms with Crippen molar-refractivity contribution >= 4 is 27.9 Å². The van der Waals surface area contributed by atoms with Crippen LogP contribution in [0.5, 0.6) is 5.88 Å². The summed E-state index contributed by atoms with van der Waals surface area (Å²) in [6, 6.07) is 18.0. The van der Waals surface area contributed by atoms with Crippen molar-refractivity contribution in [3.05, 3.63) is 83.4 Å². The number of carbonyl (C=O) groups is 1. The lowest BCUT2D eigenvalue weighted by Crippen LogP contribution is -2.35. The minimum atomic E-state index is -0.552. The zero-order valence-electron chi connectivity index (χ0n) is 27.1. The fourth-order valence-corrected chi connectivity index (χ4v) is 6.38. The fourth-order valence-electron chi connectivity index (χ4n) is 6.38. The van der Waals surface area contributed by atoms with Gasteiger partial charge in [-0.25, -0.2) is 14.8 Å². The number of ether oxygens (including phenoxy) is 3. The molecule has 2 saturated heterocycles. The zero-order chi connectivity index (χ0) is 31.8. The van der Waals surface area contributed by atoms with E-state index in [0.29, 0.717) is 24.0 Å². The van der Waals surface area contributed by atoms with Crippen LogP contribution in [0.4, 0.5) is 0 Å². The van der Waals surface area contributed by atoms with Gasteiger partial charge in [-0.2, -0.15) is 5.10 Å². The highest BCUT2D eigenvalue weighted by Gasteiger charge is 2.27. The lowest BCUT2D eigenvalue weighted by Gasteiger charge is -2.32. The number of nitrogens with zero attached hydrogens (tertiary/aromatic N) is 6. The van der Waals surface area contributed by atoms with Crippen molar-refractivity contribution in [3.63, 3.8) is 0 Å². The Hall–Kier alpha value is -4.28. The lowest BCUT2D eigenvalue weighted by molar-refractivity contribution is -0.0592. The topological polar surface area (TPSA) is 96.5 Å². The molecule has 1 atom stereocenters. The second-order valence-corrected chi connectivity index (χ2v) is 13.5. The van der Waals surface area contributed by atoms with Crippen molar-refractivity contribution < 1.29 is 19.0 Å². The number of rotatable bonds is 9. The number of aryl methyl sites for hydroxylation is 1. The molecule has 10 heteroatoms. The average molecular weight is 623 g/mol. The molecule has 2 aromatic carbocycles. The molecule has 0 amide bonds. The van der Waals surface area contributed by atoms with Crippen LogP contribution in [0.25, 0.3) is 21.9 Å². The van der Waals surface area contributed by atoms with Crippen LogP contribution in [0, 0.1) is 0 Å². The van der Waals surface area contributed by atoms with Gasteiger partial charge in [-0.1, -0.05) is 12.1 Å². The standard InChI is InChI=1S/C36H42N6O4/c1-36(2,3)46-35(43)26-9-10-30-32(19-26)42(21-28-14-17-44-28)33(38-30)22-41-15-12-25(13-16-41)29-6-5-7-34(39-29)45-23-24-8-11-31-27(18-24)20-37-40(31)4/h5-11,18-20,25,28H,12-17,21-23H2,1-4H3/t28-/m0/s1. The first-order valence-electron chi connectivity index (χ1n) is 16.3. The predicted octanol–water partition coefficient (Wildman–Crippen LogP) is 6.02. The molecular formula is C36H42N6O4. The molecule has 2 aliphatic rings. The molecule has 46 heavy (non-hydrogen) atoms. The van der Waals surface area contributed by atoms with Crippen molar-refractivity contribution in [2.24, 2.45) is 7.05 Å². The van der Waals surface area contributed by atoms with E-state index < -0.39 is 5.60 Å². The number of imidazole rings is 1. The third-order valence-corrected chi connectivity index (χ3v) is 8.95. The largest absolute Gasteiger partial charge is 0.473 e. The molecule has 0 spiro atoms. The SMILES string of the molecule is Cn1ncc2cc(COc3cccc(C4CCN(Cc5nc6ccc(C(=O)OC(C)(C)C)cc6n5C[C@@H]5CCO5)CC4)n3)ccc21. The molecule has 0 N–H and O–H groups in total. The van der Waals surface area contributed by atoms with Gasteiger partial charge >= 0.3 is 5.97 Å². The molecule has 0 unspecified atom stereocenters. The summed E-state index contributed by atoms with van der Waals surface area (Å²) in [6.45, 7) is 10.3. The Morgan fingerprint density at radius 3 is 2.59 bits per heavy atom. The van der Waals surface area contributed by atoms with Gasteiger partial charge in [0.15, 0.2) is 0 Å². The third-order valence-electron chi connectivity index (χ3n) is 8.95. The number of hydrogen-bond donors (Lipinski definition) is 0. The maximum absolute atomic E-state index is 12.8. The van der Waals surface area contributed by atoms with Gasteiger partial charge in [-0.3, -0.25) is 9.58 Å². The first kappa shape index (κ1) is 30.4. The van der Waals surface area contributed by atoms with E-state index in [9.17, 15) is 4.79 Å². The number of fused-ring (bicyclic) bond motifs is 2. The number of aromatic nitrogens is 5. The van der Waals surface area contributed by atoms with E-state index in [1.165, 1.54) is 0 Å². The minimum Gasteiger partial charge on any atom is -0.473 e. The maximum atomic E-state index is 12.8. The van der Waals surface area contributed by atoms with E-state index in [0.717, 1.165) is 91.1 Å². The van der Waals surface area contributed by atoms with E-state index in [1.54, 1.807) is 0 Å². The third kappa shape index (κ3) is 6.64. The summed E-state index contributed by atoms with van der Waals surface area (Å²) in [7, 11) is 1.95. The predicted molar refractivity (Wildman–Crippen MR) is 176 cm³/mol. The van der Waals surface area contributed by atoms with Crippen LogP contribution in [0.2, 0.25) is 0 Å². The summed E-state index contributed by atoms with van der Waals surface area (Å²) in [5.41, 5.74) is 5.11. The Kier molecular flexibility index (Phi) is 8.25. The van der Waals surface area contributed by atoms with E-state index in [-0.39, 0.29) is 12.1 Å². The van der Waals surface area contributed by atoms with Crippen molar-refractivity contribution in [3.8, 4) is 5.88 Å². The van der Waals surface area contributed by atoms with E-state index in [1.807, 2.05) is 69.0 Å². The highest BCUT2D eigenvalue weighted by atomic mass is 16.6. The first-order valence-corrected chi connectivity index (χ1v) is 16.3. The molecule has 0 radical (unpaired) electrons. The van der Waals surface area contributed by atoms with Crippen LogP contribution in [-0.4, -0.2) is 66.6 Å². The molecule has 2 fully saturated rings. The first-order chi connectivity index (χ1) is 22.2. The molecule has 10 nitrogen and oxygen atoms in total. The minimum absolute atomic E-state index is 0.172. The van der Waals surface area contributed by atoms with Crippen molar-refractivity contribution in [1.29, 1.82) is 0 Å². The Morgan fingerprint density at radius 1 is 1.00 bits per heavy atom. The van der Waals surface area contributed by atoms with Crippen LogP contribution in [0.3, 0.4) is 0 Å². The van der Waals surface area contributed by atoms with Gasteiger partial charge in [-0.05, 0) is 95.1 Å². The van der Waals surface area contributed by atoms with Gasteiger partial charge in [0.1, 0.15) is 18.0 Å². The van der Waals surface area contributed by atoms with Crippen LogP contribution in [-0.2, 0) is 36.2 Å². The van der Waals surface area contributed by atoms with E-state index in [4.69, 9.17) is 24.2 Å². The zero-order valence-corrected chi connectivity index (χ0v) is 27.1. The molecule has 0 aliphatic carbocycles. The summed E-state index contributed by atoms with van der Waals surface area (Å²) < 4.78 is 21.7. The molecule has 0 saturated carbocycles. The summed E-state index contributed by atoms with van der Waals surface area (Å²) in [5, 5.41) is 5.44. The highest BCUT2D eigenvalue weighted by molar-refractivity contribution is 5.94. The van der Waals surface area contributed by atoms with Gasteiger partial charge in [0.05, 0.1) is 47.5 Å². The molecule has 5 aromatic rings. The number of likely N-dealkylation sites (tertiary alicyclic amines) is 1. The summed E-state index contributed by atoms with van der Waals surface area (Å²) in [4.78, 5) is 25.2. The second-order valence-electron chi connectivity index (χ2n) is 13.5.